The molecule has 0 aliphatic heterocycles. The zero-order valence-corrected chi connectivity index (χ0v) is 9.69. The molecule has 6 rings (SSSR count). The first kappa shape index (κ1) is 8.11. The first-order valence-corrected chi connectivity index (χ1v) is 7.03. The Balaban J connectivity index is 1.60. The van der Waals surface area contributed by atoms with E-state index in [1.165, 1.54) is 35.5 Å². The summed E-state index contributed by atoms with van der Waals surface area (Å²) in [5.41, 5.74) is 0. The molecule has 6 saturated carbocycles. The predicted octanol–water partition coefficient (Wildman–Crippen LogP) is 2.13. The van der Waals surface area contributed by atoms with Crippen LogP contribution in [-0.2, 0) is 0 Å². The second-order valence-electron chi connectivity index (χ2n) is 7.28. The number of rotatable bonds is 2. The fraction of sp³-hybridized carbons (Fsp3) is 1.00. The summed E-state index contributed by atoms with van der Waals surface area (Å²) in [7, 11) is 0. The molecule has 1 heteroatoms. The van der Waals surface area contributed by atoms with Crippen LogP contribution in [0.15, 0.2) is 0 Å². The summed E-state index contributed by atoms with van der Waals surface area (Å²) in [5.74, 6) is 9.36. The third-order valence-corrected chi connectivity index (χ3v) is 6.85. The van der Waals surface area contributed by atoms with Crippen LogP contribution in [0, 0.1) is 47.3 Å². The predicted molar refractivity (Wildman–Crippen MR) is 59.2 cm³/mol. The highest BCUT2D eigenvalue weighted by molar-refractivity contribution is 5.29. The molecule has 0 aromatic carbocycles. The molecule has 0 radical (unpaired) electrons. The topological polar surface area (TPSA) is 12.0 Å². The minimum Gasteiger partial charge on any atom is -0.311 e. The monoisotopic (exact) mass is 203 g/mol. The molecule has 0 aromatic rings. The van der Waals surface area contributed by atoms with Gasteiger partial charge < -0.3 is 5.32 Å². The highest BCUT2D eigenvalue weighted by atomic mass is 15.0. The lowest BCUT2D eigenvalue weighted by Gasteiger charge is -2.33. The van der Waals surface area contributed by atoms with Crippen molar-refractivity contribution in [1.82, 2.24) is 5.32 Å². The normalized spacial score (nSPS) is 71.0. The third-order valence-electron chi connectivity index (χ3n) is 6.85. The Bertz CT molecular complexity index is 308. The summed E-state index contributed by atoms with van der Waals surface area (Å²) >= 11 is 0. The van der Waals surface area contributed by atoms with Crippen molar-refractivity contribution in [3.05, 3.63) is 0 Å². The van der Waals surface area contributed by atoms with Gasteiger partial charge in [0.25, 0.3) is 0 Å². The van der Waals surface area contributed by atoms with Gasteiger partial charge in [0.2, 0.25) is 0 Å². The van der Waals surface area contributed by atoms with Gasteiger partial charge in [-0.2, -0.15) is 0 Å². The van der Waals surface area contributed by atoms with Gasteiger partial charge in [0.1, 0.15) is 0 Å². The molecule has 0 amide bonds. The van der Waals surface area contributed by atoms with Crippen LogP contribution < -0.4 is 5.32 Å². The second-order valence-corrected chi connectivity index (χ2v) is 7.28. The van der Waals surface area contributed by atoms with Crippen LogP contribution >= 0.6 is 0 Å². The van der Waals surface area contributed by atoms with E-state index in [0.29, 0.717) is 6.04 Å². The summed E-state index contributed by atoms with van der Waals surface area (Å²) in [6.07, 6.45) is 3.27. The minimum absolute atomic E-state index is 0.699. The molecule has 6 fully saturated rings. The van der Waals surface area contributed by atoms with E-state index in [1.54, 1.807) is 12.8 Å². The Morgan fingerprint density at radius 3 is 1.80 bits per heavy atom. The lowest BCUT2D eigenvalue weighted by atomic mass is 9.71. The van der Waals surface area contributed by atoms with E-state index in [1.807, 2.05) is 0 Å². The van der Waals surface area contributed by atoms with Gasteiger partial charge >= 0.3 is 0 Å². The van der Waals surface area contributed by atoms with Crippen molar-refractivity contribution in [2.75, 3.05) is 0 Å². The van der Waals surface area contributed by atoms with Gasteiger partial charge in [-0.1, -0.05) is 13.8 Å². The summed E-state index contributed by atoms with van der Waals surface area (Å²) in [6.45, 7) is 4.66. The summed E-state index contributed by atoms with van der Waals surface area (Å²) in [6, 6.07) is 1.64. The molecule has 82 valence electrons. The van der Waals surface area contributed by atoms with Gasteiger partial charge in [-0.05, 0) is 60.2 Å². The fourth-order valence-electron chi connectivity index (χ4n) is 7.23. The second kappa shape index (κ2) is 2.16. The Morgan fingerprint density at radius 2 is 1.33 bits per heavy atom. The van der Waals surface area contributed by atoms with E-state index >= 15 is 0 Å². The molecule has 1 nitrogen and oxygen atoms in total. The molecular weight excluding hydrogens is 182 g/mol. The molecule has 9 atom stereocenters. The number of nitrogens with one attached hydrogen (secondary N) is 1. The quantitative estimate of drug-likeness (QED) is 0.725. The maximum atomic E-state index is 3.92. The minimum atomic E-state index is 0.699. The molecule has 1 unspecified atom stereocenters. The molecule has 0 saturated heterocycles. The van der Waals surface area contributed by atoms with Crippen LogP contribution in [0.5, 0.6) is 0 Å². The zero-order valence-electron chi connectivity index (χ0n) is 9.69. The van der Waals surface area contributed by atoms with Crippen LogP contribution in [0.4, 0.5) is 0 Å². The zero-order chi connectivity index (χ0) is 9.89. The average molecular weight is 203 g/mol. The van der Waals surface area contributed by atoms with Crippen molar-refractivity contribution in [2.45, 2.75) is 38.8 Å². The van der Waals surface area contributed by atoms with Gasteiger partial charge in [0.05, 0.1) is 0 Å². The number of hydrogen-bond donors (Lipinski definition) is 1. The molecule has 0 heterocycles. The van der Waals surface area contributed by atoms with Crippen LogP contribution in [0.2, 0.25) is 0 Å². The van der Waals surface area contributed by atoms with Crippen LogP contribution in [-0.4, -0.2) is 12.1 Å². The van der Waals surface area contributed by atoms with Crippen LogP contribution in [0.25, 0.3) is 0 Å². The lowest BCUT2D eigenvalue weighted by molar-refractivity contribution is 0.132. The largest absolute Gasteiger partial charge is 0.311 e. The first-order valence-electron chi connectivity index (χ1n) is 7.03. The smallest absolute Gasteiger partial charge is 0.0137 e. The van der Waals surface area contributed by atoms with E-state index in [4.69, 9.17) is 0 Å². The van der Waals surface area contributed by atoms with Crippen molar-refractivity contribution in [3.63, 3.8) is 0 Å². The SMILES string of the molecule is CC(C)NC1[C@H]2[C@H]3C[C@@H]4[C@@H]5C[C@H]([C@H]1[C@@H]35)[C@@H]42. The Kier molecular flexibility index (Phi) is 1.17. The lowest BCUT2D eigenvalue weighted by Crippen LogP contribution is -2.39. The standard InChI is InChI=1S/C14H21N/c1-5(2)15-14-12-8-3-6-7-4-9(10(6)12)13(14)11(7)8/h5-15H,3-4H2,1-2H3/t6-,7+,8-,9-,10+,11+,12-,13-,14?/m0/s1. The van der Waals surface area contributed by atoms with Crippen molar-refractivity contribution in [2.24, 2.45) is 47.3 Å². The molecule has 1 N–H and O–H groups in total. The molecule has 6 bridgehead atoms. The first-order chi connectivity index (χ1) is 7.27. The molecule has 6 aliphatic rings. The van der Waals surface area contributed by atoms with Crippen molar-refractivity contribution in [3.8, 4) is 0 Å². The van der Waals surface area contributed by atoms with E-state index in [-0.39, 0.29) is 0 Å². The Morgan fingerprint density at radius 1 is 0.800 bits per heavy atom. The third kappa shape index (κ3) is 0.638. The average Bonchev–Trinajstić information content (AvgIpc) is 2.80. The van der Waals surface area contributed by atoms with Crippen LogP contribution in [0.3, 0.4) is 0 Å². The van der Waals surface area contributed by atoms with E-state index in [9.17, 15) is 0 Å². The maximum absolute atomic E-state index is 3.92. The van der Waals surface area contributed by atoms with Crippen molar-refractivity contribution in [1.29, 1.82) is 0 Å². The molecule has 0 aromatic heterocycles. The summed E-state index contributed by atoms with van der Waals surface area (Å²) < 4.78 is 0. The Hall–Kier alpha value is -0.0400. The van der Waals surface area contributed by atoms with Gasteiger partial charge in [-0.3, -0.25) is 0 Å². The summed E-state index contributed by atoms with van der Waals surface area (Å²) in [5, 5.41) is 3.92. The van der Waals surface area contributed by atoms with Gasteiger partial charge in [-0.15, -0.1) is 0 Å². The van der Waals surface area contributed by atoms with Crippen molar-refractivity contribution < 1.29 is 0 Å². The molecule has 6 aliphatic carbocycles. The molecule has 0 spiro atoms. The number of hydrogen-bond acceptors (Lipinski definition) is 1. The summed E-state index contributed by atoms with van der Waals surface area (Å²) in [4.78, 5) is 0. The van der Waals surface area contributed by atoms with Crippen LogP contribution in [0.1, 0.15) is 26.7 Å². The van der Waals surface area contributed by atoms with E-state index < -0.39 is 0 Å². The highest BCUT2D eigenvalue weighted by Crippen LogP contribution is 2.82. The highest BCUT2D eigenvalue weighted by Gasteiger charge is 2.80. The Labute approximate surface area is 92.0 Å². The van der Waals surface area contributed by atoms with Crippen molar-refractivity contribution >= 4 is 0 Å². The van der Waals surface area contributed by atoms with Gasteiger partial charge in [-0.25, -0.2) is 0 Å². The van der Waals surface area contributed by atoms with Gasteiger partial charge in [0, 0.05) is 12.1 Å². The maximum Gasteiger partial charge on any atom is 0.0137 e. The van der Waals surface area contributed by atoms with Gasteiger partial charge in [0.15, 0.2) is 0 Å². The molecular formula is C14H21N. The van der Waals surface area contributed by atoms with E-state index in [2.05, 4.69) is 19.2 Å². The van der Waals surface area contributed by atoms with E-state index in [0.717, 1.165) is 17.9 Å². The molecule has 15 heavy (non-hydrogen) atoms. The fourth-order valence-corrected chi connectivity index (χ4v) is 7.23.